The molecule has 1 rings (SSSR count). The van der Waals surface area contributed by atoms with E-state index >= 15 is 0 Å². The Hall–Kier alpha value is -2.44. The van der Waals surface area contributed by atoms with E-state index in [0.29, 0.717) is 17.2 Å². The first-order valence-corrected chi connectivity index (χ1v) is 4.75. The summed E-state index contributed by atoms with van der Waals surface area (Å²) in [5.74, 6) is 0.755. The van der Waals surface area contributed by atoms with Crippen molar-refractivity contribution in [2.75, 3.05) is 19.5 Å². The molecule has 0 saturated heterocycles. The van der Waals surface area contributed by atoms with Gasteiger partial charge in [0.15, 0.2) is 23.4 Å². The lowest BCUT2D eigenvalue weighted by atomic mass is 10.3. The summed E-state index contributed by atoms with van der Waals surface area (Å²) in [6.07, 6.45) is 0. The van der Waals surface area contributed by atoms with Gasteiger partial charge in [-0.2, -0.15) is 0 Å². The third-order valence-electron chi connectivity index (χ3n) is 1.91. The molecule has 1 aromatic carbocycles. The molecule has 6 N–H and O–H groups in total. The van der Waals surface area contributed by atoms with Crippen LogP contribution in [0.25, 0.3) is 0 Å². The van der Waals surface area contributed by atoms with Crippen LogP contribution in [-0.2, 0) is 0 Å². The first-order valence-electron chi connectivity index (χ1n) is 4.75. The number of ether oxygens (including phenoxy) is 2. The van der Waals surface area contributed by atoms with Gasteiger partial charge in [-0.3, -0.25) is 16.1 Å². The molecule has 0 bridgehead atoms. The number of nitrogens with one attached hydrogen (secondary N) is 4. The van der Waals surface area contributed by atoms with E-state index in [4.69, 9.17) is 26.0 Å². The van der Waals surface area contributed by atoms with Gasteiger partial charge in [0.2, 0.25) is 0 Å². The molecule has 0 radical (unpaired) electrons. The Labute approximate surface area is 98.9 Å². The fourth-order valence-electron chi connectivity index (χ4n) is 1.22. The highest BCUT2D eigenvalue weighted by atomic mass is 16.5. The molecule has 1 aromatic rings. The molecule has 0 aliphatic rings. The minimum atomic E-state index is -0.303. The lowest BCUT2D eigenvalue weighted by Crippen LogP contribution is -2.39. The van der Waals surface area contributed by atoms with Crippen LogP contribution in [0.3, 0.4) is 0 Å². The van der Waals surface area contributed by atoms with E-state index in [2.05, 4.69) is 10.6 Å². The highest BCUT2D eigenvalue weighted by molar-refractivity contribution is 6.02. The smallest absolute Gasteiger partial charge is 0.199 e. The third-order valence-corrected chi connectivity index (χ3v) is 1.91. The quantitative estimate of drug-likeness (QED) is 0.388. The van der Waals surface area contributed by atoms with E-state index in [1.54, 1.807) is 25.3 Å². The van der Waals surface area contributed by atoms with Crippen molar-refractivity contribution < 1.29 is 9.47 Å². The van der Waals surface area contributed by atoms with Gasteiger partial charge in [0, 0.05) is 11.8 Å². The molecule has 92 valence electrons. The Kier molecular flexibility index (Phi) is 4.15. The maximum atomic E-state index is 7.47. The monoisotopic (exact) mass is 237 g/mol. The van der Waals surface area contributed by atoms with Crippen molar-refractivity contribution >= 4 is 17.6 Å². The summed E-state index contributed by atoms with van der Waals surface area (Å²) in [6.45, 7) is 0. The molecule has 0 heterocycles. The fourth-order valence-corrected chi connectivity index (χ4v) is 1.22. The maximum Gasteiger partial charge on any atom is 0.199 e. The largest absolute Gasteiger partial charge is 0.493 e. The van der Waals surface area contributed by atoms with Gasteiger partial charge in [0.25, 0.3) is 0 Å². The summed E-state index contributed by atoms with van der Waals surface area (Å²) in [6, 6.07) is 5.11. The predicted molar refractivity (Wildman–Crippen MR) is 65.9 cm³/mol. The fraction of sp³-hybridized carbons (Fsp3) is 0.200. The lowest BCUT2D eigenvalue weighted by molar-refractivity contribution is 0.355. The van der Waals surface area contributed by atoms with Crippen LogP contribution in [0, 0.1) is 10.8 Å². The summed E-state index contributed by atoms with van der Waals surface area (Å²) in [7, 11) is 3.07. The van der Waals surface area contributed by atoms with Gasteiger partial charge in [0.1, 0.15) is 0 Å². The lowest BCUT2D eigenvalue weighted by Gasteiger charge is -2.12. The van der Waals surface area contributed by atoms with E-state index < -0.39 is 0 Å². The number of anilines is 1. The zero-order valence-electron chi connectivity index (χ0n) is 9.63. The molecule has 0 saturated carbocycles. The molecule has 0 aliphatic heterocycles. The Morgan fingerprint density at radius 2 is 1.82 bits per heavy atom. The van der Waals surface area contributed by atoms with Crippen molar-refractivity contribution in [1.29, 1.82) is 10.8 Å². The van der Waals surface area contributed by atoms with Gasteiger partial charge in [-0.1, -0.05) is 0 Å². The van der Waals surface area contributed by atoms with Crippen molar-refractivity contribution in [3.8, 4) is 11.5 Å². The molecular weight excluding hydrogens is 222 g/mol. The van der Waals surface area contributed by atoms with Crippen molar-refractivity contribution in [1.82, 2.24) is 5.32 Å². The molecule has 0 fully saturated rings. The van der Waals surface area contributed by atoms with E-state index in [9.17, 15) is 0 Å². The van der Waals surface area contributed by atoms with Crippen LogP contribution in [0.1, 0.15) is 0 Å². The highest BCUT2D eigenvalue weighted by Gasteiger charge is 2.05. The number of rotatable bonds is 3. The Morgan fingerprint density at radius 1 is 1.18 bits per heavy atom. The summed E-state index contributed by atoms with van der Waals surface area (Å²) in [5, 5.41) is 19.5. The highest BCUT2D eigenvalue weighted by Crippen LogP contribution is 2.29. The predicted octanol–water partition coefficient (Wildman–Crippen LogP) is 0.534. The van der Waals surface area contributed by atoms with Gasteiger partial charge in [0.05, 0.1) is 14.2 Å². The average Bonchev–Trinajstić information content (AvgIpc) is 2.27. The number of hydrogen-bond acceptors (Lipinski definition) is 4. The summed E-state index contributed by atoms with van der Waals surface area (Å²) < 4.78 is 10.2. The van der Waals surface area contributed by atoms with Crippen molar-refractivity contribution in [2.24, 2.45) is 5.73 Å². The number of hydrogen-bond donors (Lipinski definition) is 5. The average molecular weight is 237 g/mol. The normalized spacial score (nSPS) is 9.29. The van der Waals surface area contributed by atoms with Gasteiger partial charge in [-0.25, -0.2) is 0 Å². The van der Waals surface area contributed by atoms with Crippen LogP contribution in [0.15, 0.2) is 18.2 Å². The number of nitrogens with two attached hydrogens (primary N) is 1. The molecule has 7 nitrogen and oxygen atoms in total. The molecule has 0 aliphatic carbocycles. The van der Waals surface area contributed by atoms with Crippen molar-refractivity contribution in [3.63, 3.8) is 0 Å². The standard InChI is InChI=1S/C10H15N5O2/c1-16-7-4-3-6(5-8(7)17-2)14-10(13)15-9(11)12/h3-5H,1-2H3,(H6,11,12,13,14,15). The first kappa shape index (κ1) is 12.6. The first-order chi connectivity index (χ1) is 8.06. The van der Waals surface area contributed by atoms with E-state index in [1.165, 1.54) is 7.11 Å². The maximum absolute atomic E-state index is 7.47. The molecule has 0 unspecified atom stereocenters. The number of benzene rings is 1. The van der Waals surface area contributed by atoms with Gasteiger partial charge in [-0.15, -0.1) is 0 Å². The number of guanidine groups is 2. The van der Waals surface area contributed by atoms with Crippen LogP contribution in [0.5, 0.6) is 11.5 Å². The van der Waals surface area contributed by atoms with E-state index in [-0.39, 0.29) is 11.9 Å². The topological polar surface area (TPSA) is 116 Å². The molecule has 7 heteroatoms. The number of methoxy groups -OCH3 is 2. The van der Waals surface area contributed by atoms with Crippen LogP contribution < -0.4 is 25.8 Å². The Balaban J connectivity index is 2.79. The Bertz CT molecular complexity index is 433. The minimum absolute atomic E-state index is 0.0929. The second-order valence-corrected chi connectivity index (χ2v) is 3.11. The minimum Gasteiger partial charge on any atom is -0.493 e. The zero-order valence-corrected chi connectivity index (χ0v) is 9.63. The summed E-state index contributed by atoms with van der Waals surface area (Å²) in [5.41, 5.74) is 5.72. The van der Waals surface area contributed by atoms with Crippen molar-refractivity contribution in [3.05, 3.63) is 18.2 Å². The molecule has 0 spiro atoms. The second-order valence-electron chi connectivity index (χ2n) is 3.11. The molecule has 0 amide bonds. The van der Waals surface area contributed by atoms with Crippen LogP contribution in [-0.4, -0.2) is 26.1 Å². The zero-order chi connectivity index (χ0) is 12.8. The van der Waals surface area contributed by atoms with Gasteiger partial charge >= 0.3 is 0 Å². The van der Waals surface area contributed by atoms with E-state index in [0.717, 1.165) is 0 Å². The van der Waals surface area contributed by atoms with Crippen LogP contribution in [0.2, 0.25) is 0 Å². The second kappa shape index (κ2) is 5.59. The van der Waals surface area contributed by atoms with Crippen molar-refractivity contribution in [2.45, 2.75) is 0 Å². The van der Waals surface area contributed by atoms with Gasteiger partial charge < -0.3 is 20.5 Å². The molecule has 0 aromatic heterocycles. The summed E-state index contributed by atoms with van der Waals surface area (Å²) in [4.78, 5) is 0. The third kappa shape index (κ3) is 3.56. The van der Waals surface area contributed by atoms with Crippen LogP contribution in [0.4, 0.5) is 5.69 Å². The van der Waals surface area contributed by atoms with Crippen LogP contribution >= 0.6 is 0 Å². The Morgan fingerprint density at radius 3 is 2.35 bits per heavy atom. The molecule has 17 heavy (non-hydrogen) atoms. The molecule has 0 atom stereocenters. The summed E-state index contributed by atoms with van der Waals surface area (Å²) >= 11 is 0. The van der Waals surface area contributed by atoms with E-state index in [1.807, 2.05) is 0 Å². The molecular formula is C10H15N5O2. The SMILES string of the molecule is COc1ccc(NC(=N)NC(=N)N)cc1OC. The van der Waals surface area contributed by atoms with Gasteiger partial charge in [-0.05, 0) is 12.1 Å².